The van der Waals surface area contributed by atoms with E-state index < -0.39 is 0 Å². The molecule has 0 radical (unpaired) electrons. The Bertz CT molecular complexity index is 151. The Balaban J connectivity index is 2.62. The zero-order valence-corrected chi connectivity index (χ0v) is 5.79. The summed E-state index contributed by atoms with van der Waals surface area (Å²) in [6, 6.07) is 0.345. The van der Waals surface area contributed by atoms with Crippen molar-refractivity contribution in [3.8, 4) is 0 Å². The van der Waals surface area contributed by atoms with Crippen LogP contribution >= 0.6 is 0 Å². The maximum Gasteiger partial charge on any atom is 0.246 e. The van der Waals surface area contributed by atoms with Gasteiger partial charge in [0.2, 0.25) is 5.91 Å². The van der Waals surface area contributed by atoms with Crippen LogP contribution in [0.1, 0.15) is 13.3 Å². The molecule has 2 heteroatoms. The van der Waals surface area contributed by atoms with Crippen molar-refractivity contribution in [1.29, 1.82) is 0 Å². The van der Waals surface area contributed by atoms with Crippen molar-refractivity contribution in [1.82, 2.24) is 4.90 Å². The molecule has 1 atom stereocenters. The van der Waals surface area contributed by atoms with Gasteiger partial charge in [0.05, 0.1) is 6.04 Å². The predicted molar refractivity (Wildman–Crippen MR) is 36.0 cm³/mol. The second kappa shape index (κ2) is 2.21. The molecule has 0 fully saturated rings. The van der Waals surface area contributed by atoms with Crippen molar-refractivity contribution in [3.05, 3.63) is 12.2 Å². The molecule has 50 valence electrons. The molecule has 1 unspecified atom stereocenters. The van der Waals surface area contributed by atoms with E-state index in [1.165, 1.54) is 0 Å². The van der Waals surface area contributed by atoms with Gasteiger partial charge < -0.3 is 4.90 Å². The van der Waals surface area contributed by atoms with Crippen LogP contribution in [0.25, 0.3) is 0 Å². The summed E-state index contributed by atoms with van der Waals surface area (Å²) in [6.07, 6.45) is 4.59. The predicted octanol–water partition coefficient (Wildman–Crippen LogP) is 0.793. The number of carbonyl (C=O) groups is 1. The Hall–Kier alpha value is -0.790. The molecule has 0 spiro atoms. The van der Waals surface area contributed by atoms with Gasteiger partial charge in [-0.1, -0.05) is 13.0 Å². The maximum atomic E-state index is 10.8. The number of carbonyl (C=O) groups excluding carboxylic acids is 1. The smallest absolute Gasteiger partial charge is 0.246 e. The molecule has 0 aliphatic carbocycles. The summed E-state index contributed by atoms with van der Waals surface area (Å²) in [4.78, 5) is 12.5. The van der Waals surface area contributed by atoms with Crippen molar-refractivity contribution in [2.45, 2.75) is 19.4 Å². The minimum absolute atomic E-state index is 0.127. The fourth-order valence-corrected chi connectivity index (χ4v) is 1.01. The van der Waals surface area contributed by atoms with Crippen LogP contribution in [0.5, 0.6) is 0 Å². The fraction of sp³-hybridized carbons (Fsp3) is 0.571. The van der Waals surface area contributed by atoms with Crippen LogP contribution in [0.2, 0.25) is 0 Å². The molecule has 0 saturated carbocycles. The third kappa shape index (κ3) is 0.969. The molecule has 1 heterocycles. The van der Waals surface area contributed by atoms with Crippen LogP contribution < -0.4 is 0 Å². The van der Waals surface area contributed by atoms with E-state index in [1.807, 2.05) is 13.1 Å². The first-order valence-electron chi connectivity index (χ1n) is 3.20. The summed E-state index contributed by atoms with van der Waals surface area (Å²) in [6.45, 7) is 2.07. The highest BCUT2D eigenvalue weighted by molar-refractivity contribution is 5.90. The van der Waals surface area contributed by atoms with Gasteiger partial charge in [0.1, 0.15) is 0 Å². The lowest BCUT2D eigenvalue weighted by Gasteiger charge is -2.16. The molecule has 0 aromatic carbocycles. The quantitative estimate of drug-likeness (QED) is 0.507. The fourth-order valence-electron chi connectivity index (χ4n) is 1.01. The van der Waals surface area contributed by atoms with E-state index in [4.69, 9.17) is 0 Å². The number of nitrogens with zero attached hydrogens (tertiary/aromatic N) is 1. The van der Waals surface area contributed by atoms with Crippen LogP contribution in [0.4, 0.5) is 0 Å². The number of amides is 1. The highest BCUT2D eigenvalue weighted by atomic mass is 16.2. The Morgan fingerprint density at radius 1 is 1.78 bits per heavy atom. The highest BCUT2D eigenvalue weighted by Gasteiger charge is 2.18. The Labute approximate surface area is 55.2 Å². The van der Waals surface area contributed by atoms with Crippen molar-refractivity contribution in [2.24, 2.45) is 0 Å². The molecule has 0 aromatic heterocycles. The lowest BCUT2D eigenvalue weighted by molar-refractivity contribution is -0.124. The van der Waals surface area contributed by atoms with Crippen LogP contribution in [-0.4, -0.2) is 23.9 Å². The van der Waals surface area contributed by atoms with E-state index in [9.17, 15) is 4.79 Å². The van der Waals surface area contributed by atoms with Gasteiger partial charge in [-0.05, 0) is 6.42 Å². The number of hydrogen-bond donors (Lipinski definition) is 0. The Kier molecular flexibility index (Phi) is 1.56. The van der Waals surface area contributed by atoms with Crippen LogP contribution in [0.15, 0.2) is 12.2 Å². The maximum absolute atomic E-state index is 10.8. The molecule has 1 aliphatic rings. The van der Waals surface area contributed by atoms with Gasteiger partial charge in [-0.25, -0.2) is 0 Å². The topological polar surface area (TPSA) is 20.3 Å². The lowest BCUT2D eigenvalue weighted by atomic mass is 10.2. The SMILES string of the molecule is CCC1C=CC(=O)N1C. The van der Waals surface area contributed by atoms with Gasteiger partial charge in [-0.3, -0.25) is 4.79 Å². The summed E-state index contributed by atoms with van der Waals surface area (Å²) in [5.74, 6) is 0.127. The molecular weight excluding hydrogens is 114 g/mol. The molecule has 2 nitrogen and oxygen atoms in total. The molecular formula is C7H11NO. The standard InChI is InChI=1S/C7H11NO/c1-3-6-4-5-7(9)8(6)2/h4-6H,3H2,1-2H3. The summed E-state index contributed by atoms with van der Waals surface area (Å²) in [5, 5.41) is 0. The van der Waals surface area contributed by atoms with E-state index in [-0.39, 0.29) is 5.91 Å². The van der Waals surface area contributed by atoms with Crippen LogP contribution in [0, 0.1) is 0 Å². The van der Waals surface area contributed by atoms with Crippen LogP contribution in [-0.2, 0) is 4.79 Å². The molecule has 9 heavy (non-hydrogen) atoms. The first-order chi connectivity index (χ1) is 4.25. The highest BCUT2D eigenvalue weighted by Crippen LogP contribution is 2.10. The lowest BCUT2D eigenvalue weighted by Crippen LogP contribution is -2.28. The minimum Gasteiger partial charge on any atom is -0.336 e. The molecule has 1 aliphatic heterocycles. The van der Waals surface area contributed by atoms with E-state index in [0.717, 1.165) is 6.42 Å². The summed E-state index contributed by atoms with van der Waals surface area (Å²) < 4.78 is 0. The number of hydrogen-bond acceptors (Lipinski definition) is 1. The molecule has 0 aromatic rings. The van der Waals surface area contributed by atoms with Gasteiger partial charge in [-0.15, -0.1) is 0 Å². The van der Waals surface area contributed by atoms with Gasteiger partial charge in [-0.2, -0.15) is 0 Å². The van der Waals surface area contributed by atoms with E-state index in [1.54, 1.807) is 11.0 Å². The number of likely N-dealkylation sites (N-methyl/N-ethyl adjacent to an activating group) is 1. The van der Waals surface area contributed by atoms with Gasteiger partial charge in [0.25, 0.3) is 0 Å². The summed E-state index contributed by atoms with van der Waals surface area (Å²) in [7, 11) is 1.83. The normalized spacial score (nSPS) is 25.8. The van der Waals surface area contributed by atoms with E-state index in [2.05, 4.69) is 6.92 Å². The van der Waals surface area contributed by atoms with Crippen LogP contribution in [0.3, 0.4) is 0 Å². The van der Waals surface area contributed by atoms with Gasteiger partial charge >= 0.3 is 0 Å². The Morgan fingerprint density at radius 2 is 2.44 bits per heavy atom. The minimum atomic E-state index is 0.127. The summed E-state index contributed by atoms with van der Waals surface area (Å²) >= 11 is 0. The molecule has 0 N–H and O–H groups in total. The molecule has 1 amide bonds. The molecule has 0 saturated heterocycles. The van der Waals surface area contributed by atoms with Gasteiger partial charge in [0.15, 0.2) is 0 Å². The molecule has 1 rings (SSSR count). The van der Waals surface area contributed by atoms with Crippen molar-refractivity contribution in [3.63, 3.8) is 0 Å². The number of rotatable bonds is 1. The molecule has 0 bridgehead atoms. The third-order valence-electron chi connectivity index (χ3n) is 1.72. The van der Waals surface area contributed by atoms with Crippen molar-refractivity contribution >= 4 is 5.91 Å². The Morgan fingerprint density at radius 3 is 2.67 bits per heavy atom. The zero-order chi connectivity index (χ0) is 6.85. The third-order valence-corrected chi connectivity index (χ3v) is 1.72. The zero-order valence-electron chi connectivity index (χ0n) is 5.79. The van der Waals surface area contributed by atoms with E-state index in [0.29, 0.717) is 6.04 Å². The summed E-state index contributed by atoms with van der Waals surface area (Å²) in [5.41, 5.74) is 0. The second-order valence-electron chi connectivity index (χ2n) is 2.28. The monoisotopic (exact) mass is 125 g/mol. The first kappa shape index (κ1) is 6.33. The first-order valence-corrected chi connectivity index (χ1v) is 3.20. The van der Waals surface area contributed by atoms with Crippen molar-refractivity contribution < 1.29 is 4.79 Å². The van der Waals surface area contributed by atoms with Gasteiger partial charge in [0, 0.05) is 13.1 Å². The average Bonchev–Trinajstić information content (AvgIpc) is 2.15. The largest absolute Gasteiger partial charge is 0.336 e. The van der Waals surface area contributed by atoms with Crippen molar-refractivity contribution in [2.75, 3.05) is 7.05 Å². The average molecular weight is 125 g/mol. The second-order valence-corrected chi connectivity index (χ2v) is 2.28. The van der Waals surface area contributed by atoms with E-state index >= 15 is 0 Å².